The van der Waals surface area contributed by atoms with E-state index in [9.17, 15) is 9.18 Å². The van der Waals surface area contributed by atoms with Crippen LogP contribution in [-0.2, 0) is 0 Å². The molecule has 0 aliphatic rings. The number of benzene rings is 1. The molecular weight excluding hydrogens is 219 g/mol. The van der Waals surface area contributed by atoms with Crippen molar-refractivity contribution in [2.24, 2.45) is 0 Å². The standard InChI is InChI=1S/C13H9FN2O/c1-9-5-13(17)10(7-15)8-16(9)12-4-2-3-11(14)6-12/h2-6,8H,1H3. The molecule has 0 aliphatic heterocycles. The summed E-state index contributed by atoms with van der Waals surface area (Å²) in [6.07, 6.45) is 1.42. The molecule has 2 rings (SSSR count). The summed E-state index contributed by atoms with van der Waals surface area (Å²) in [5.74, 6) is -0.362. The molecule has 0 spiro atoms. The average Bonchev–Trinajstić information content (AvgIpc) is 2.29. The number of hydrogen-bond donors (Lipinski definition) is 0. The minimum atomic E-state index is -0.362. The molecule has 0 aliphatic carbocycles. The van der Waals surface area contributed by atoms with Crippen LogP contribution in [0.5, 0.6) is 0 Å². The first-order valence-corrected chi connectivity index (χ1v) is 5.01. The topological polar surface area (TPSA) is 45.8 Å². The maximum absolute atomic E-state index is 13.1. The van der Waals surface area contributed by atoms with Crippen molar-refractivity contribution < 1.29 is 4.39 Å². The Labute approximate surface area is 97.4 Å². The van der Waals surface area contributed by atoms with Crippen LogP contribution < -0.4 is 5.43 Å². The third kappa shape index (κ3) is 2.08. The third-order valence-corrected chi connectivity index (χ3v) is 2.45. The van der Waals surface area contributed by atoms with Gasteiger partial charge in [-0.15, -0.1) is 0 Å². The summed E-state index contributed by atoms with van der Waals surface area (Å²) in [7, 11) is 0. The SMILES string of the molecule is Cc1cc(=O)c(C#N)cn1-c1cccc(F)c1. The van der Waals surface area contributed by atoms with Crippen LogP contribution in [0.4, 0.5) is 4.39 Å². The fourth-order valence-corrected chi connectivity index (χ4v) is 1.62. The average molecular weight is 228 g/mol. The van der Waals surface area contributed by atoms with Gasteiger partial charge in [-0.1, -0.05) is 6.07 Å². The molecule has 4 heteroatoms. The van der Waals surface area contributed by atoms with Gasteiger partial charge in [0.2, 0.25) is 0 Å². The molecule has 0 amide bonds. The molecule has 84 valence electrons. The maximum atomic E-state index is 13.1. The van der Waals surface area contributed by atoms with E-state index < -0.39 is 0 Å². The van der Waals surface area contributed by atoms with Crippen LogP contribution in [0.2, 0.25) is 0 Å². The summed E-state index contributed by atoms with van der Waals surface area (Å²) in [4.78, 5) is 11.4. The van der Waals surface area contributed by atoms with Crippen molar-refractivity contribution in [3.8, 4) is 11.8 Å². The monoisotopic (exact) mass is 228 g/mol. The highest BCUT2D eigenvalue weighted by Gasteiger charge is 2.05. The molecule has 0 fully saturated rings. The summed E-state index contributed by atoms with van der Waals surface area (Å²) in [6, 6.07) is 9.16. The zero-order valence-electron chi connectivity index (χ0n) is 9.14. The second-order valence-electron chi connectivity index (χ2n) is 3.65. The lowest BCUT2D eigenvalue weighted by atomic mass is 10.2. The fourth-order valence-electron chi connectivity index (χ4n) is 1.62. The molecule has 17 heavy (non-hydrogen) atoms. The van der Waals surface area contributed by atoms with Crippen molar-refractivity contribution in [2.45, 2.75) is 6.92 Å². The van der Waals surface area contributed by atoms with Crippen molar-refractivity contribution >= 4 is 0 Å². The van der Waals surface area contributed by atoms with Crippen LogP contribution >= 0.6 is 0 Å². The van der Waals surface area contributed by atoms with Gasteiger partial charge in [-0.3, -0.25) is 4.79 Å². The Balaban J connectivity index is 2.68. The third-order valence-electron chi connectivity index (χ3n) is 2.45. The van der Waals surface area contributed by atoms with E-state index in [2.05, 4.69) is 0 Å². The Morgan fingerprint density at radius 3 is 2.76 bits per heavy atom. The lowest BCUT2D eigenvalue weighted by molar-refractivity contribution is 0.626. The number of nitriles is 1. The van der Waals surface area contributed by atoms with Gasteiger partial charge >= 0.3 is 0 Å². The van der Waals surface area contributed by atoms with E-state index >= 15 is 0 Å². The summed E-state index contributed by atoms with van der Waals surface area (Å²) >= 11 is 0. The highest BCUT2D eigenvalue weighted by Crippen LogP contribution is 2.12. The van der Waals surface area contributed by atoms with Gasteiger partial charge in [0.1, 0.15) is 17.4 Å². The minimum absolute atomic E-state index is 0.0415. The van der Waals surface area contributed by atoms with Crippen molar-refractivity contribution in [1.82, 2.24) is 4.57 Å². The van der Waals surface area contributed by atoms with Gasteiger partial charge in [-0.2, -0.15) is 5.26 Å². The largest absolute Gasteiger partial charge is 0.319 e. The van der Waals surface area contributed by atoms with Crippen molar-refractivity contribution in [3.63, 3.8) is 0 Å². The van der Waals surface area contributed by atoms with Crippen LogP contribution in [0.3, 0.4) is 0 Å². The quantitative estimate of drug-likeness (QED) is 0.750. The molecule has 0 saturated carbocycles. The highest BCUT2D eigenvalue weighted by atomic mass is 19.1. The van der Waals surface area contributed by atoms with E-state index in [0.717, 1.165) is 0 Å². The zero-order chi connectivity index (χ0) is 12.4. The van der Waals surface area contributed by atoms with Crippen LogP contribution in [0, 0.1) is 24.1 Å². The number of nitrogens with zero attached hydrogens (tertiary/aromatic N) is 2. The number of halogens is 1. The second kappa shape index (κ2) is 4.22. The first kappa shape index (κ1) is 11.1. The Hall–Kier alpha value is -2.41. The van der Waals surface area contributed by atoms with Crippen molar-refractivity contribution in [2.75, 3.05) is 0 Å². The maximum Gasteiger partial charge on any atom is 0.199 e. The van der Waals surface area contributed by atoms with Crippen LogP contribution in [0.1, 0.15) is 11.3 Å². The highest BCUT2D eigenvalue weighted by molar-refractivity contribution is 5.38. The first-order valence-electron chi connectivity index (χ1n) is 5.01. The summed E-state index contributed by atoms with van der Waals surface area (Å²) < 4.78 is 14.7. The molecule has 0 saturated heterocycles. The summed E-state index contributed by atoms with van der Waals surface area (Å²) in [6.45, 7) is 1.73. The van der Waals surface area contributed by atoms with Gasteiger partial charge in [-0.05, 0) is 25.1 Å². The van der Waals surface area contributed by atoms with Gasteiger partial charge in [0.25, 0.3) is 0 Å². The number of aromatic nitrogens is 1. The number of rotatable bonds is 1. The predicted molar refractivity (Wildman–Crippen MR) is 61.4 cm³/mol. The Kier molecular flexibility index (Phi) is 2.75. The molecule has 0 N–H and O–H groups in total. The molecule has 2 aromatic rings. The number of hydrogen-bond acceptors (Lipinski definition) is 2. The van der Waals surface area contributed by atoms with Crippen LogP contribution in [0.15, 0.2) is 41.3 Å². The molecule has 0 atom stereocenters. The summed E-state index contributed by atoms with van der Waals surface area (Å²) in [5, 5.41) is 8.80. The normalized spacial score (nSPS) is 9.94. The van der Waals surface area contributed by atoms with Gasteiger partial charge in [-0.25, -0.2) is 4.39 Å². The minimum Gasteiger partial charge on any atom is -0.319 e. The van der Waals surface area contributed by atoms with E-state index in [4.69, 9.17) is 5.26 Å². The molecule has 0 unspecified atom stereocenters. The molecule has 1 heterocycles. The molecule has 1 aromatic carbocycles. The Bertz CT molecular complexity index is 668. The summed E-state index contributed by atoms with van der Waals surface area (Å²) in [5.41, 5.74) is 0.955. The van der Waals surface area contributed by atoms with Crippen LogP contribution in [0.25, 0.3) is 5.69 Å². The molecule has 1 aromatic heterocycles. The number of pyridine rings is 1. The van der Waals surface area contributed by atoms with E-state index in [1.807, 2.05) is 6.07 Å². The van der Waals surface area contributed by atoms with E-state index in [1.54, 1.807) is 23.6 Å². The Morgan fingerprint density at radius 2 is 2.12 bits per heavy atom. The van der Waals surface area contributed by atoms with Gasteiger partial charge in [0.05, 0.1) is 0 Å². The first-order chi connectivity index (χ1) is 8.11. The van der Waals surface area contributed by atoms with Crippen LogP contribution in [-0.4, -0.2) is 4.57 Å². The Morgan fingerprint density at radius 1 is 1.35 bits per heavy atom. The lowest BCUT2D eigenvalue weighted by Crippen LogP contribution is -2.12. The molecule has 0 bridgehead atoms. The smallest absolute Gasteiger partial charge is 0.199 e. The lowest BCUT2D eigenvalue weighted by Gasteiger charge is -2.10. The van der Waals surface area contributed by atoms with E-state index in [-0.39, 0.29) is 16.8 Å². The van der Waals surface area contributed by atoms with E-state index in [1.165, 1.54) is 24.4 Å². The van der Waals surface area contributed by atoms with Gasteiger partial charge < -0.3 is 4.57 Å². The van der Waals surface area contributed by atoms with Gasteiger partial charge in [0, 0.05) is 23.6 Å². The molecule has 0 radical (unpaired) electrons. The molecule has 3 nitrogen and oxygen atoms in total. The fraction of sp³-hybridized carbons (Fsp3) is 0.0769. The second-order valence-corrected chi connectivity index (χ2v) is 3.65. The van der Waals surface area contributed by atoms with Crippen molar-refractivity contribution in [3.05, 3.63) is 63.8 Å². The zero-order valence-corrected chi connectivity index (χ0v) is 9.14. The van der Waals surface area contributed by atoms with Crippen molar-refractivity contribution in [1.29, 1.82) is 5.26 Å². The number of aryl methyl sites for hydroxylation is 1. The van der Waals surface area contributed by atoms with Gasteiger partial charge in [0.15, 0.2) is 5.43 Å². The molecular formula is C13H9FN2O. The van der Waals surface area contributed by atoms with E-state index in [0.29, 0.717) is 11.4 Å². The predicted octanol–water partition coefficient (Wildman–Crippen LogP) is 2.16.